The lowest BCUT2D eigenvalue weighted by molar-refractivity contribution is -0.117. The van der Waals surface area contributed by atoms with Gasteiger partial charge in [0, 0.05) is 24.3 Å². The molecule has 0 radical (unpaired) electrons. The number of hydrogen-bond donors (Lipinski definition) is 0. The van der Waals surface area contributed by atoms with Crippen LogP contribution in [0.3, 0.4) is 0 Å². The van der Waals surface area contributed by atoms with Crippen molar-refractivity contribution in [2.45, 2.75) is 45.6 Å². The van der Waals surface area contributed by atoms with Gasteiger partial charge >= 0.3 is 0 Å². The smallest absolute Gasteiger partial charge is 0.262 e. The highest BCUT2D eigenvalue weighted by atomic mass is 32.1. The molecule has 0 atom stereocenters. The maximum Gasteiger partial charge on any atom is 0.262 e. The Bertz CT molecular complexity index is 1060. The molecule has 0 fully saturated rings. The first-order chi connectivity index (χ1) is 13.1. The summed E-state index contributed by atoms with van der Waals surface area (Å²) < 4.78 is 6.92. The van der Waals surface area contributed by atoms with E-state index in [0.29, 0.717) is 19.4 Å². The molecular weight excluding hydrogens is 360 g/mol. The van der Waals surface area contributed by atoms with Gasteiger partial charge in [-0.25, -0.2) is 4.98 Å². The average Bonchev–Trinajstić information content (AvgIpc) is 3.22. The third kappa shape index (κ3) is 3.41. The molecule has 0 amide bonds. The number of aryl methyl sites for hydroxylation is 2. The van der Waals surface area contributed by atoms with E-state index in [2.05, 4.69) is 0 Å². The van der Waals surface area contributed by atoms with Crippen LogP contribution < -0.4 is 10.3 Å². The highest BCUT2D eigenvalue weighted by molar-refractivity contribution is 7.18. The van der Waals surface area contributed by atoms with Crippen molar-refractivity contribution < 1.29 is 9.53 Å². The number of ether oxygens (including phenoxy) is 1. The summed E-state index contributed by atoms with van der Waals surface area (Å²) in [5.74, 6) is 1.59. The predicted octanol–water partition coefficient (Wildman–Crippen LogP) is 3.53. The number of ketones is 1. The Hall–Kier alpha value is -2.47. The van der Waals surface area contributed by atoms with E-state index in [1.165, 1.54) is 10.4 Å². The summed E-state index contributed by atoms with van der Waals surface area (Å²) in [7, 11) is 1.64. The number of hydrogen-bond acceptors (Lipinski definition) is 5. The Morgan fingerprint density at radius 1 is 1.26 bits per heavy atom. The van der Waals surface area contributed by atoms with Gasteiger partial charge in [0.2, 0.25) is 0 Å². The van der Waals surface area contributed by atoms with E-state index in [-0.39, 0.29) is 11.3 Å². The summed E-state index contributed by atoms with van der Waals surface area (Å²) in [6.45, 7) is 1.94. The highest BCUT2D eigenvalue weighted by Gasteiger charge is 2.23. The second-order valence-electron chi connectivity index (χ2n) is 7.00. The maximum absolute atomic E-state index is 13.3. The first kappa shape index (κ1) is 17.9. The number of fused-ring (bicyclic) bond motifs is 3. The second-order valence-corrected chi connectivity index (χ2v) is 8.08. The van der Waals surface area contributed by atoms with Crippen LogP contribution in [0, 0.1) is 0 Å². The molecule has 4 rings (SSSR count). The number of rotatable bonds is 6. The maximum atomic E-state index is 13.3. The van der Waals surface area contributed by atoms with Gasteiger partial charge < -0.3 is 4.74 Å². The summed E-state index contributed by atoms with van der Waals surface area (Å²) in [5, 5.41) is 0.773. The summed E-state index contributed by atoms with van der Waals surface area (Å²) in [4.78, 5) is 31.8. The number of carbonyl (C=O) groups excluding carboxylic acids is 1. The molecule has 27 heavy (non-hydrogen) atoms. The largest absolute Gasteiger partial charge is 0.497 e. The van der Waals surface area contributed by atoms with Gasteiger partial charge in [-0.1, -0.05) is 12.1 Å². The van der Waals surface area contributed by atoms with Crippen LogP contribution in [-0.2, 0) is 30.6 Å². The van der Waals surface area contributed by atoms with Crippen molar-refractivity contribution in [3.05, 3.63) is 56.4 Å². The number of benzene rings is 1. The molecule has 2 heterocycles. The molecule has 140 valence electrons. The third-order valence-electron chi connectivity index (χ3n) is 5.11. The van der Waals surface area contributed by atoms with Crippen molar-refractivity contribution in [1.82, 2.24) is 9.55 Å². The van der Waals surface area contributed by atoms with Crippen LogP contribution in [0.1, 0.15) is 41.6 Å². The molecule has 0 saturated heterocycles. The van der Waals surface area contributed by atoms with E-state index in [1.54, 1.807) is 29.9 Å². The first-order valence-electron chi connectivity index (χ1n) is 9.23. The quantitative estimate of drug-likeness (QED) is 0.654. The van der Waals surface area contributed by atoms with Crippen LogP contribution in [0.2, 0.25) is 0 Å². The van der Waals surface area contributed by atoms with Crippen LogP contribution in [0.5, 0.6) is 5.75 Å². The Labute approximate surface area is 161 Å². The minimum absolute atomic E-state index is 0.00385. The van der Waals surface area contributed by atoms with E-state index in [4.69, 9.17) is 9.72 Å². The number of carbonyl (C=O) groups is 1. The third-order valence-corrected chi connectivity index (χ3v) is 6.30. The Morgan fingerprint density at radius 2 is 2.04 bits per heavy atom. The Balaban J connectivity index is 1.80. The zero-order valence-corrected chi connectivity index (χ0v) is 16.4. The normalized spacial score (nSPS) is 13.1. The number of aromatic nitrogens is 2. The molecule has 0 spiro atoms. The average molecular weight is 382 g/mol. The molecule has 0 unspecified atom stereocenters. The molecule has 5 nitrogen and oxygen atoms in total. The van der Waals surface area contributed by atoms with Crippen LogP contribution >= 0.6 is 11.3 Å². The van der Waals surface area contributed by atoms with E-state index in [0.717, 1.165) is 46.6 Å². The predicted molar refractivity (Wildman–Crippen MR) is 107 cm³/mol. The molecule has 1 aliphatic carbocycles. The lowest BCUT2D eigenvalue weighted by atomic mass is 10.1. The summed E-state index contributed by atoms with van der Waals surface area (Å²) in [6, 6.07) is 7.79. The van der Waals surface area contributed by atoms with E-state index in [9.17, 15) is 9.59 Å². The lowest BCUT2D eigenvalue weighted by Gasteiger charge is -2.12. The van der Waals surface area contributed by atoms with Gasteiger partial charge in [0.15, 0.2) is 0 Å². The van der Waals surface area contributed by atoms with Crippen molar-refractivity contribution in [2.24, 2.45) is 0 Å². The van der Waals surface area contributed by atoms with Gasteiger partial charge in [-0.3, -0.25) is 14.2 Å². The molecule has 3 aromatic rings. The number of nitrogens with zero attached hydrogens (tertiary/aromatic N) is 2. The molecule has 6 heteroatoms. The van der Waals surface area contributed by atoms with E-state index in [1.807, 2.05) is 24.3 Å². The zero-order chi connectivity index (χ0) is 19.0. The lowest BCUT2D eigenvalue weighted by Crippen LogP contribution is -2.26. The van der Waals surface area contributed by atoms with E-state index >= 15 is 0 Å². The topological polar surface area (TPSA) is 61.2 Å². The van der Waals surface area contributed by atoms with Crippen LogP contribution in [0.15, 0.2) is 29.1 Å². The van der Waals surface area contributed by atoms with Gasteiger partial charge in [-0.05, 0) is 49.4 Å². The highest BCUT2D eigenvalue weighted by Crippen LogP contribution is 2.35. The zero-order valence-electron chi connectivity index (χ0n) is 15.6. The molecule has 0 saturated carbocycles. The number of methoxy groups -OCH3 is 1. The standard InChI is InChI=1S/C21H22N2O3S/c1-13(24)10-11-23-18(12-14-6-8-15(26-2)9-7-14)22-20-19(21(23)25)16-4-3-5-17(16)27-20/h6-9H,3-5,10-12H2,1-2H3. The van der Waals surface area contributed by atoms with Crippen LogP contribution in [-0.4, -0.2) is 22.4 Å². The molecule has 1 aliphatic rings. The van der Waals surface area contributed by atoms with Gasteiger partial charge in [-0.2, -0.15) is 0 Å². The van der Waals surface area contributed by atoms with Crippen molar-refractivity contribution in [2.75, 3.05) is 7.11 Å². The van der Waals surface area contributed by atoms with Gasteiger partial charge in [0.05, 0.1) is 12.5 Å². The first-order valence-corrected chi connectivity index (χ1v) is 10.0. The summed E-state index contributed by atoms with van der Waals surface area (Å²) in [5.41, 5.74) is 2.24. The minimum Gasteiger partial charge on any atom is -0.497 e. The fourth-order valence-electron chi connectivity index (χ4n) is 3.68. The van der Waals surface area contributed by atoms with Gasteiger partial charge in [0.1, 0.15) is 22.2 Å². The van der Waals surface area contributed by atoms with Crippen molar-refractivity contribution in [1.29, 1.82) is 0 Å². The van der Waals surface area contributed by atoms with Crippen LogP contribution in [0.25, 0.3) is 10.2 Å². The molecule has 0 N–H and O–H groups in total. The minimum atomic E-state index is 0.00385. The fraction of sp³-hybridized carbons (Fsp3) is 0.381. The monoisotopic (exact) mass is 382 g/mol. The molecular formula is C21H22N2O3S. The van der Waals surface area contributed by atoms with Gasteiger partial charge in [-0.15, -0.1) is 11.3 Å². The summed E-state index contributed by atoms with van der Waals surface area (Å²) >= 11 is 1.65. The molecule has 2 aromatic heterocycles. The van der Waals surface area contributed by atoms with Crippen LogP contribution in [0.4, 0.5) is 0 Å². The van der Waals surface area contributed by atoms with E-state index < -0.39 is 0 Å². The molecule has 0 bridgehead atoms. The van der Waals surface area contributed by atoms with Crippen molar-refractivity contribution >= 4 is 27.3 Å². The number of thiophene rings is 1. The second kappa shape index (κ2) is 7.27. The molecule has 1 aromatic carbocycles. The Kier molecular flexibility index (Phi) is 4.83. The Morgan fingerprint density at radius 3 is 2.74 bits per heavy atom. The van der Waals surface area contributed by atoms with Gasteiger partial charge in [0.25, 0.3) is 5.56 Å². The SMILES string of the molecule is COc1ccc(Cc2nc3sc4c(c3c(=O)n2CCC(C)=O)CCC4)cc1. The number of Topliss-reactive ketones (excluding diaryl/α,β-unsaturated/α-hetero) is 1. The van der Waals surface area contributed by atoms with Crippen molar-refractivity contribution in [3.8, 4) is 5.75 Å². The summed E-state index contributed by atoms with van der Waals surface area (Å²) in [6.07, 6.45) is 4.00. The molecule has 0 aliphatic heterocycles. The fourth-order valence-corrected chi connectivity index (χ4v) is 4.95. The van der Waals surface area contributed by atoms with Crippen molar-refractivity contribution in [3.63, 3.8) is 0 Å².